The molecule has 1 aromatic rings. The van der Waals surface area contributed by atoms with Crippen LogP contribution in [0.25, 0.3) is 0 Å². The van der Waals surface area contributed by atoms with E-state index in [-0.39, 0.29) is 0 Å². The van der Waals surface area contributed by atoms with Gasteiger partial charge in [-0.25, -0.2) is 0 Å². The number of hydrogen-bond donors (Lipinski definition) is 1. The van der Waals surface area contributed by atoms with E-state index in [0.29, 0.717) is 12.8 Å². The summed E-state index contributed by atoms with van der Waals surface area (Å²) in [4.78, 5) is 0. The number of hydrogen-bond acceptors (Lipinski definition) is 3. The van der Waals surface area contributed by atoms with Crippen LogP contribution < -0.4 is 14.8 Å². The molecular formula is C16H22BrNO2. The van der Waals surface area contributed by atoms with E-state index in [4.69, 9.17) is 9.47 Å². The minimum atomic E-state index is 0.322. The van der Waals surface area contributed by atoms with Crippen molar-refractivity contribution in [1.82, 2.24) is 5.32 Å². The van der Waals surface area contributed by atoms with Crippen LogP contribution in [-0.2, 0) is 6.54 Å². The molecule has 1 heterocycles. The third-order valence-electron chi connectivity index (χ3n) is 4.68. The molecule has 0 saturated heterocycles. The van der Waals surface area contributed by atoms with Gasteiger partial charge in [-0.15, -0.1) is 0 Å². The third kappa shape index (κ3) is 2.96. The zero-order chi connectivity index (χ0) is 14.1. The molecule has 3 nitrogen and oxygen atoms in total. The summed E-state index contributed by atoms with van der Waals surface area (Å²) in [6.45, 7) is 5.95. The van der Waals surface area contributed by atoms with E-state index in [1.165, 1.54) is 24.8 Å². The van der Waals surface area contributed by atoms with Gasteiger partial charge in [0.05, 0.1) is 4.47 Å². The molecule has 4 heteroatoms. The van der Waals surface area contributed by atoms with Gasteiger partial charge in [0, 0.05) is 12.6 Å². The van der Waals surface area contributed by atoms with Crippen molar-refractivity contribution in [2.45, 2.75) is 45.7 Å². The maximum atomic E-state index is 5.46. The zero-order valence-corrected chi connectivity index (χ0v) is 13.7. The summed E-state index contributed by atoms with van der Waals surface area (Å²) in [6.07, 6.45) is 3.91. The van der Waals surface area contributed by atoms with Crippen molar-refractivity contribution < 1.29 is 9.47 Å². The van der Waals surface area contributed by atoms with Gasteiger partial charge in [0.25, 0.3) is 0 Å². The predicted octanol–water partition coefficient (Wildman–Crippen LogP) is 4.09. The molecule has 0 amide bonds. The number of rotatable bonds is 3. The number of benzene rings is 1. The summed E-state index contributed by atoms with van der Waals surface area (Å²) in [6, 6.07) is 4.84. The number of halogens is 1. The topological polar surface area (TPSA) is 30.5 Å². The third-order valence-corrected chi connectivity index (χ3v) is 5.27. The number of fused-ring (bicyclic) bond motifs is 1. The van der Waals surface area contributed by atoms with Crippen molar-refractivity contribution in [3.05, 3.63) is 22.2 Å². The Morgan fingerprint density at radius 2 is 2.05 bits per heavy atom. The Morgan fingerprint density at radius 1 is 1.20 bits per heavy atom. The standard InChI is InChI=1S/C16H22BrNO2/c1-10-3-4-13(5-11(10)2)18-8-12-6-14(17)16-15(7-12)19-9-20-16/h6-7,10-11,13,18H,3-5,8-9H2,1-2H3. The van der Waals surface area contributed by atoms with Crippen molar-refractivity contribution in [3.8, 4) is 11.5 Å². The summed E-state index contributed by atoms with van der Waals surface area (Å²) in [5, 5.41) is 3.69. The lowest BCUT2D eigenvalue weighted by Crippen LogP contribution is -2.35. The Bertz CT molecular complexity index is 492. The lowest BCUT2D eigenvalue weighted by atomic mass is 9.79. The Hall–Kier alpha value is -0.740. The maximum Gasteiger partial charge on any atom is 0.231 e. The average Bonchev–Trinajstić information content (AvgIpc) is 2.89. The van der Waals surface area contributed by atoms with E-state index in [2.05, 4.69) is 47.2 Å². The fourth-order valence-electron chi connectivity index (χ4n) is 3.12. The van der Waals surface area contributed by atoms with Crippen molar-refractivity contribution in [2.24, 2.45) is 11.8 Å². The highest BCUT2D eigenvalue weighted by Crippen LogP contribution is 2.40. The second-order valence-corrected chi connectivity index (χ2v) is 7.01. The highest BCUT2D eigenvalue weighted by Gasteiger charge is 2.24. The van der Waals surface area contributed by atoms with Crippen molar-refractivity contribution >= 4 is 15.9 Å². The second kappa shape index (κ2) is 5.94. The highest BCUT2D eigenvalue weighted by atomic mass is 79.9. The van der Waals surface area contributed by atoms with E-state index >= 15 is 0 Å². The Labute approximate surface area is 129 Å². The van der Waals surface area contributed by atoms with Gasteiger partial charge in [-0.2, -0.15) is 0 Å². The van der Waals surface area contributed by atoms with Crippen LogP contribution in [0.2, 0.25) is 0 Å². The first-order valence-electron chi connectivity index (χ1n) is 7.45. The van der Waals surface area contributed by atoms with Crippen LogP contribution in [0.5, 0.6) is 11.5 Å². The first-order chi connectivity index (χ1) is 9.63. The van der Waals surface area contributed by atoms with Gasteiger partial charge in [0.2, 0.25) is 6.79 Å². The van der Waals surface area contributed by atoms with E-state index in [1.54, 1.807) is 0 Å². The second-order valence-electron chi connectivity index (χ2n) is 6.16. The minimum absolute atomic E-state index is 0.322. The Balaban J connectivity index is 1.60. The largest absolute Gasteiger partial charge is 0.454 e. The molecule has 2 aliphatic rings. The Morgan fingerprint density at radius 3 is 2.85 bits per heavy atom. The van der Waals surface area contributed by atoms with Crippen LogP contribution in [0.3, 0.4) is 0 Å². The number of nitrogens with one attached hydrogen (secondary N) is 1. The van der Waals surface area contributed by atoms with Crippen LogP contribution in [0.15, 0.2) is 16.6 Å². The first kappa shape index (κ1) is 14.2. The van der Waals surface area contributed by atoms with E-state index in [0.717, 1.165) is 34.4 Å². The summed E-state index contributed by atoms with van der Waals surface area (Å²) in [5.41, 5.74) is 1.24. The van der Waals surface area contributed by atoms with Crippen LogP contribution >= 0.6 is 15.9 Å². The quantitative estimate of drug-likeness (QED) is 0.899. The summed E-state index contributed by atoms with van der Waals surface area (Å²) < 4.78 is 11.9. The van der Waals surface area contributed by atoms with Crippen LogP contribution in [0, 0.1) is 11.8 Å². The van der Waals surface area contributed by atoms with Crippen LogP contribution in [0.4, 0.5) is 0 Å². The van der Waals surface area contributed by atoms with E-state index in [1.807, 2.05) is 0 Å². The monoisotopic (exact) mass is 339 g/mol. The number of ether oxygens (including phenoxy) is 2. The van der Waals surface area contributed by atoms with Crippen LogP contribution in [0.1, 0.15) is 38.7 Å². The molecule has 1 aliphatic carbocycles. The molecule has 1 aromatic carbocycles. The zero-order valence-electron chi connectivity index (χ0n) is 12.1. The maximum absolute atomic E-state index is 5.46. The summed E-state index contributed by atoms with van der Waals surface area (Å²) >= 11 is 3.55. The van der Waals surface area contributed by atoms with Crippen molar-refractivity contribution in [2.75, 3.05) is 6.79 Å². The van der Waals surface area contributed by atoms with E-state index < -0.39 is 0 Å². The van der Waals surface area contributed by atoms with Gasteiger partial charge in [0.1, 0.15) is 0 Å². The lowest BCUT2D eigenvalue weighted by molar-refractivity contribution is 0.173. The predicted molar refractivity (Wildman–Crippen MR) is 83.1 cm³/mol. The first-order valence-corrected chi connectivity index (χ1v) is 8.24. The fraction of sp³-hybridized carbons (Fsp3) is 0.625. The average molecular weight is 340 g/mol. The smallest absolute Gasteiger partial charge is 0.231 e. The van der Waals surface area contributed by atoms with Crippen molar-refractivity contribution in [1.29, 1.82) is 0 Å². The SMILES string of the molecule is CC1CCC(NCc2cc(Br)c3c(c2)OCO3)CC1C. The normalized spacial score (nSPS) is 28.6. The molecular weight excluding hydrogens is 318 g/mol. The molecule has 3 unspecified atom stereocenters. The molecule has 0 radical (unpaired) electrons. The molecule has 0 spiro atoms. The lowest BCUT2D eigenvalue weighted by Gasteiger charge is -2.32. The van der Waals surface area contributed by atoms with Crippen LogP contribution in [-0.4, -0.2) is 12.8 Å². The molecule has 1 saturated carbocycles. The van der Waals surface area contributed by atoms with Gasteiger partial charge in [-0.1, -0.05) is 13.8 Å². The molecule has 3 rings (SSSR count). The minimum Gasteiger partial charge on any atom is -0.454 e. The fourth-order valence-corrected chi connectivity index (χ4v) is 3.72. The molecule has 20 heavy (non-hydrogen) atoms. The Kier molecular flexibility index (Phi) is 4.22. The van der Waals surface area contributed by atoms with Gasteiger partial charge in [-0.3, -0.25) is 0 Å². The molecule has 0 bridgehead atoms. The van der Waals surface area contributed by atoms with Gasteiger partial charge in [-0.05, 0) is 64.7 Å². The molecule has 1 fully saturated rings. The molecule has 1 N–H and O–H groups in total. The molecule has 110 valence electrons. The summed E-state index contributed by atoms with van der Waals surface area (Å²) in [7, 11) is 0. The van der Waals surface area contributed by atoms with Gasteiger partial charge >= 0.3 is 0 Å². The summed E-state index contributed by atoms with van der Waals surface area (Å²) in [5.74, 6) is 3.37. The molecule has 0 aromatic heterocycles. The van der Waals surface area contributed by atoms with E-state index in [9.17, 15) is 0 Å². The molecule has 3 atom stereocenters. The van der Waals surface area contributed by atoms with Gasteiger partial charge in [0.15, 0.2) is 11.5 Å². The van der Waals surface area contributed by atoms with Gasteiger partial charge < -0.3 is 14.8 Å². The van der Waals surface area contributed by atoms with Crippen molar-refractivity contribution in [3.63, 3.8) is 0 Å². The molecule has 1 aliphatic heterocycles. The highest BCUT2D eigenvalue weighted by molar-refractivity contribution is 9.10.